The Morgan fingerprint density at radius 3 is 2.58 bits per heavy atom. The van der Waals surface area contributed by atoms with Crippen LogP contribution in [-0.4, -0.2) is 73.2 Å². The van der Waals surface area contributed by atoms with Gasteiger partial charge in [-0.25, -0.2) is 0 Å². The van der Waals surface area contributed by atoms with Gasteiger partial charge in [-0.15, -0.1) is 0 Å². The summed E-state index contributed by atoms with van der Waals surface area (Å²) in [6, 6.07) is 2.07. The fourth-order valence-electron chi connectivity index (χ4n) is 4.96. The first kappa shape index (κ1) is 19.9. The summed E-state index contributed by atoms with van der Waals surface area (Å²) in [5.74, 6) is 1.74. The van der Waals surface area contributed by atoms with Gasteiger partial charge in [-0.2, -0.15) is 0 Å². The zero-order valence-electron chi connectivity index (χ0n) is 17.3. The first-order valence-corrected chi connectivity index (χ1v) is 11.2. The maximum atomic E-state index is 4.97. The molecule has 5 nitrogen and oxygen atoms in total. The van der Waals surface area contributed by atoms with Crippen LogP contribution in [0.25, 0.3) is 0 Å². The summed E-state index contributed by atoms with van der Waals surface area (Å²) >= 11 is 0. The monoisotopic (exact) mass is 363 g/mol. The average Bonchev–Trinajstić information content (AvgIpc) is 3.31. The van der Waals surface area contributed by atoms with E-state index in [4.69, 9.17) is 4.99 Å². The van der Waals surface area contributed by atoms with E-state index in [2.05, 4.69) is 41.2 Å². The number of piperidine rings is 1. The first-order chi connectivity index (χ1) is 12.7. The Labute approximate surface area is 161 Å². The van der Waals surface area contributed by atoms with E-state index < -0.39 is 0 Å². The van der Waals surface area contributed by atoms with Crippen LogP contribution in [0.15, 0.2) is 4.99 Å². The molecule has 0 amide bonds. The summed E-state index contributed by atoms with van der Waals surface area (Å²) in [4.78, 5) is 10.3. The summed E-state index contributed by atoms with van der Waals surface area (Å²) < 4.78 is 0. The van der Waals surface area contributed by atoms with Gasteiger partial charge in [-0.3, -0.25) is 9.89 Å². The highest BCUT2D eigenvalue weighted by Gasteiger charge is 2.30. The van der Waals surface area contributed by atoms with Crippen LogP contribution in [-0.2, 0) is 0 Å². The van der Waals surface area contributed by atoms with E-state index in [-0.39, 0.29) is 0 Å². The quantitative estimate of drug-likeness (QED) is 0.562. The SMILES string of the molecule is CCNC(=NCC1CCCN(C(C)C)C1)NC1CCN(C2CCCC2)C1. The van der Waals surface area contributed by atoms with Gasteiger partial charge in [0.15, 0.2) is 5.96 Å². The minimum atomic E-state index is 0.562. The molecule has 2 aliphatic heterocycles. The second-order valence-electron chi connectivity index (χ2n) is 8.88. The lowest BCUT2D eigenvalue weighted by molar-refractivity contribution is 0.143. The zero-order chi connectivity index (χ0) is 18.4. The van der Waals surface area contributed by atoms with E-state index in [1.165, 1.54) is 71.1 Å². The molecule has 3 rings (SSSR count). The standard InChI is InChI=1S/C21H41N5/c1-4-22-21(23-14-18-8-7-12-25(15-18)17(2)3)24-19-11-13-26(16-19)20-9-5-6-10-20/h17-20H,4-16H2,1-3H3,(H2,22,23,24). The van der Waals surface area contributed by atoms with Crippen LogP contribution in [0.4, 0.5) is 0 Å². The maximum Gasteiger partial charge on any atom is 0.191 e. The van der Waals surface area contributed by atoms with Crippen LogP contribution in [0.5, 0.6) is 0 Å². The molecule has 5 heteroatoms. The fourth-order valence-corrected chi connectivity index (χ4v) is 4.96. The largest absolute Gasteiger partial charge is 0.357 e. The van der Waals surface area contributed by atoms with E-state index in [0.717, 1.165) is 25.1 Å². The van der Waals surface area contributed by atoms with Crippen LogP contribution in [0.1, 0.15) is 65.7 Å². The number of nitrogens with one attached hydrogen (secondary N) is 2. The topological polar surface area (TPSA) is 42.9 Å². The van der Waals surface area contributed by atoms with E-state index in [0.29, 0.717) is 18.0 Å². The van der Waals surface area contributed by atoms with Gasteiger partial charge in [0.1, 0.15) is 0 Å². The van der Waals surface area contributed by atoms with Gasteiger partial charge in [-0.05, 0) is 65.3 Å². The van der Waals surface area contributed by atoms with Crippen molar-refractivity contribution < 1.29 is 0 Å². The Hall–Kier alpha value is -0.810. The van der Waals surface area contributed by atoms with Crippen molar-refractivity contribution in [3.8, 4) is 0 Å². The predicted molar refractivity (Wildman–Crippen MR) is 111 cm³/mol. The number of hydrogen-bond acceptors (Lipinski definition) is 3. The fraction of sp³-hybridized carbons (Fsp3) is 0.952. The highest BCUT2D eigenvalue weighted by atomic mass is 15.3. The molecule has 2 heterocycles. The molecule has 2 saturated heterocycles. The van der Waals surface area contributed by atoms with Crippen molar-refractivity contribution in [1.29, 1.82) is 0 Å². The van der Waals surface area contributed by atoms with E-state index in [1.54, 1.807) is 0 Å². The Balaban J connectivity index is 1.48. The summed E-state index contributed by atoms with van der Waals surface area (Å²) in [5, 5.41) is 7.20. The van der Waals surface area contributed by atoms with Crippen LogP contribution in [0.3, 0.4) is 0 Å². The van der Waals surface area contributed by atoms with Crippen molar-refractivity contribution in [2.45, 2.75) is 83.8 Å². The lowest BCUT2D eigenvalue weighted by Gasteiger charge is -2.35. The van der Waals surface area contributed by atoms with Crippen molar-refractivity contribution in [3.05, 3.63) is 0 Å². The molecule has 2 unspecified atom stereocenters. The Morgan fingerprint density at radius 2 is 1.85 bits per heavy atom. The van der Waals surface area contributed by atoms with Crippen molar-refractivity contribution in [2.24, 2.45) is 10.9 Å². The second kappa shape index (κ2) is 9.93. The van der Waals surface area contributed by atoms with Crippen LogP contribution >= 0.6 is 0 Å². The predicted octanol–water partition coefficient (Wildman–Crippen LogP) is 2.68. The molecule has 0 aromatic rings. The molecule has 0 bridgehead atoms. The van der Waals surface area contributed by atoms with E-state index in [1.807, 2.05) is 0 Å². The van der Waals surface area contributed by atoms with Gasteiger partial charge in [-0.1, -0.05) is 12.8 Å². The molecule has 0 radical (unpaired) electrons. The number of rotatable bonds is 6. The minimum Gasteiger partial charge on any atom is -0.357 e. The highest BCUT2D eigenvalue weighted by molar-refractivity contribution is 5.80. The molecule has 150 valence electrons. The van der Waals surface area contributed by atoms with Crippen molar-refractivity contribution in [3.63, 3.8) is 0 Å². The number of guanidine groups is 1. The van der Waals surface area contributed by atoms with E-state index >= 15 is 0 Å². The first-order valence-electron chi connectivity index (χ1n) is 11.2. The normalized spacial score (nSPS) is 29.6. The van der Waals surface area contributed by atoms with Crippen molar-refractivity contribution >= 4 is 5.96 Å². The molecule has 2 N–H and O–H groups in total. The van der Waals surface area contributed by atoms with Gasteiger partial charge in [0, 0.05) is 50.8 Å². The van der Waals surface area contributed by atoms with Crippen LogP contribution < -0.4 is 10.6 Å². The van der Waals surface area contributed by atoms with Crippen LogP contribution in [0.2, 0.25) is 0 Å². The third kappa shape index (κ3) is 5.59. The minimum absolute atomic E-state index is 0.562. The number of nitrogens with zero attached hydrogens (tertiary/aromatic N) is 3. The summed E-state index contributed by atoms with van der Waals surface area (Å²) in [5.41, 5.74) is 0. The second-order valence-corrected chi connectivity index (χ2v) is 8.88. The molecular formula is C21H41N5. The van der Waals surface area contributed by atoms with E-state index in [9.17, 15) is 0 Å². The zero-order valence-corrected chi connectivity index (χ0v) is 17.3. The third-order valence-electron chi connectivity index (χ3n) is 6.53. The van der Waals surface area contributed by atoms with Gasteiger partial charge in [0.25, 0.3) is 0 Å². The Kier molecular flexibility index (Phi) is 7.62. The molecule has 0 aromatic carbocycles. The van der Waals surface area contributed by atoms with Crippen LogP contribution in [0, 0.1) is 5.92 Å². The molecule has 26 heavy (non-hydrogen) atoms. The molecule has 1 saturated carbocycles. The Morgan fingerprint density at radius 1 is 1.04 bits per heavy atom. The molecule has 1 aliphatic carbocycles. The maximum absolute atomic E-state index is 4.97. The van der Waals surface area contributed by atoms with Gasteiger partial charge in [0.05, 0.1) is 0 Å². The molecule has 0 spiro atoms. The number of hydrogen-bond donors (Lipinski definition) is 2. The molecule has 2 atom stereocenters. The number of aliphatic imine (C=N–C) groups is 1. The van der Waals surface area contributed by atoms with Crippen molar-refractivity contribution in [1.82, 2.24) is 20.4 Å². The summed E-state index contributed by atoms with van der Waals surface area (Å²) in [7, 11) is 0. The lowest BCUT2D eigenvalue weighted by Crippen LogP contribution is -2.46. The smallest absolute Gasteiger partial charge is 0.191 e. The summed E-state index contributed by atoms with van der Waals surface area (Å²) in [6.07, 6.45) is 9.58. The molecular weight excluding hydrogens is 322 g/mol. The van der Waals surface area contributed by atoms with Gasteiger partial charge >= 0.3 is 0 Å². The number of likely N-dealkylation sites (tertiary alicyclic amines) is 2. The molecule has 3 fully saturated rings. The highest BCUT2D eigenvalue weighted by Crippen LogP contribution is 2.26. The van der Waals surface area contributed by atoms with Crippen molar-refractivity contribution in [2.75, 3.05) is 39.3 Å². The lowest BCUT2D eigenvalue weighted by atomic mass is 9.97. The third-order valence-corrected chi connectivity index (χ3v) is 6.53. The molecule has 0 aromatic heterocycles. The Bertz CT molecular complexity index is 444. The summed E-state index contributed by atoms with van der Waals surface area (Å²) in [6.45, 7) is 13.6. The van der Waals surface area contributed by atoms with Gasteiger partial charge < -0.3 is 15.5 Å². The molecule has 3 aliphatic rings. The average molecular weight is 364 g/mol. The van der Waals surface area contributed by atoms with Gasteiger partial charge in [0.2, 0.25) is 0 Å².